The van der Waals surface area contributed by atoms with Gasteiger partial charge in [0.15, 0.2) is 0 Å². The Morgan fingerprint density at radius 1 is 1.03 bits per heavy atom. The van der Waals surface area contributed by atoms with Crippen LogP contribution in [-0.4, -0.2) is 35.6 Å². The third-order valence-corrected chi connectivity index (χ3v) is 5.72. The molecular weight excluding hydrogens is 360 g/mol. The van der Waals surface area contributed by atoms with Crippen LogP contribution in [0, 0.1) is 5.92 Å². The van der Waals surface area contributed by atoms with E-state index >= 15 is 0 Å². The highest BCUT2D eigenvalue weighted by atomic mass is 16.5. The van der Waals surface area contributed by atoms with Crippen LogP contribution in [0.4, 0.5) is 0 Å². The molecule has 4 heteroatoms. The Morgan fingerprint density at radius 3 is 2.52 bits per heavy atom. The first-order chi connectivity index (χ1) is 14.0. The van der Waals surface area contributed by atoms with Gasteiger partial charge in [-0.15, -0.1) is 0 Å². The average Bonchev–Trinajstić information content (AvgIpc) is 2.66. The Bertz CT molecular complexity index is 1020. The van der Waals surface area contributed by atoms with Crippen molar-refractivity contribution >= 4 is 10.9 Å². The minimum atomic E-state index is -0.0780. The molecule has 2 aromatic carbocycles. The minimum absolute atomic E-state index is 0.0780. The maximum absolute atomic E-state index is 11.4. The van der Waals surface area contributed by atoms with Crippen LogP contribution in [-0.2, 0) is 6.42 Å². The molecule has 0 amide bonds. The molecule has 0 saturated carbocycles. The number of rotatable bonds is 7. The Hall–Kier alpha value is -2.59. The molecule has 1 unspecified atom stereocenters. The fraction of sp³-hybridized carbons (Fsp3) is 0.400. The summed E-state index contributed by atoms with van der Waals surface area (Å²) in [5.41, 5.74) is 3.59. The van der Waals surface area contributed by atoms with Gasteiger partial charge in [-0.1, -0.05) is 45.0 Å². The second-order valence-corrected chi connectivity index (χ2v) is 8.74. The van der Waals surface area contributed by atoms with E-state index in [4.69, 9.17) is 4.74 Å². The highest BCUT2D eigenvalue weighted by molar-refractivity contribution is 5.79. The molecule has 4 nitrogen and oxygen atoms in total. The maximum atomic E-state index is 11.4. The zero-order valence-electron chi connectivity index (χ0n) is 17.5. The van der Waals surface area contributed by atoms with Gasteiger partial charge >= 0.3 is 0 Å². The van der Waals surface area contributed by atoms with Gasteiger partial charge in [0, 0.05) is 36.6 Å². The molecular formula is C25H30N2O2. The maximum Gasteiger partial charge on any atom is 0.248 e. The van der Waals surface area contributed by atoms with Crippen molar-refractivity contribution in [1.82, 2.24) is 9.88 Å². The minimum Gasteiger partial charge on any atom is -0.488 e. The lowest BCUT2D eigenvalue weighted by Crippen LogP contribution is -2.54. The number of benzene rings is 2. The monoisotopic (exact) mass is 390 g/mol. The second kappa shape index (κ2) is 8.42. The van der Waals surface area contributed by atoms with Crippen molar-refractivity contribution in [3.05, 3.63) is 76.1 Å². The average molecular weight is 391 g/mol. The number of aromatic amines is 1. The van der Waals surface area contributed by atoms with Crippen molar-refractivity contribution in [2.45, 2.75) is 39.2 Å². The van der Waals surface area contributed by atoms with Gasteiger partial charge in [0.25, 0.3) is 0 Å². The highest BCUT2D eigenvalue weighted by Crippen LogP contribution is 2.23. The molecule has 1 atom stereocenters. The zero-order chi connectivity index (χ0) is 20.4. The summed E-state index contributed by atoms with van der Waals surface area (Å²) in [6, 6.07) is 18.3. The number of hydrogen-bond acceptors (Lipinski definition) is 3. The van der Waals surface area contributed by atoms with Crippen LogP contribution in [0.5, 0.6) is 5.75 Å². The van der Waals surface area contributed by atoms with Gasteiger partial charge in [-0.2, -0.15) is 0 Å². The summed E-state index contributed by atoms with van der Waals surface area (Å²) in [4.78, 5) is 16.7. The first-order valence-corrected chi connectivity index (χ1v) is 10.6. The molecule has 1 fully saturated rings. The summed E-state index contributed by atoms with van der Waals surface area (Å²) in [6.07, 6.45) is 1.36. The SMILES string of the molecule is CC(Cc1ccc(C(C)C)cc1)CN1CC(Oc2ccc3[nH]c(=O)ccc3c2)C1. The van der Waals surface area contributed by atoms with Crippen molar-refractivity contribution in [3.63, 3.8) is 0 Å². The van der Waals surface area contributed by atoms with Gasteiger partial charge in [-0.3, -0.25) is 9.69 Å². The Kier molecular flexibility index (Phi) is 5.72. The summed E-state index contributed by atoms with van der Waals surface area (Å²) in [5.74, 6) is 2.08. The van der Waals surface area contributed by atoms with Crippen LogP contribution in [0.15, 0.2) is 59.4 Å². The van der Waals surface area contributed by atoms with Crippen molar-refractivity contribution in [2.75, 3.05) is 19.6 Å². The topological polar surface area (TPSA) is 45.3 Å². The van der Waals surface area contributed by atoms with E-state index in [2.05, 4.69) is 54.9 Å². The largest absolute Gasteiger partial charge is 0.488 e. The van der Waals surface area contributed by atoms with Gasteiger partial charge in [0.05, 0.1) is 0 Å². The molecule has 2 heterocycles. The molecule has 0 radical (unpaired) electrons. The smallest absolute Gasteiger partial charge is 0.248 e. The predicted octanol–water partition coefficient (Wildman–Crippen LogP) is 4.59. The Labute approximate surface area is 172 Å². The van der Waals surface area contributed by atoms with Crippen LogP contribution in [0.1, 0.15) is 37.8 Å². The van der Waals surface area contributed by atoms with Crippen molar-refractivity contribution in [2.24, 2.45) is 5.92 Å². The fourth-order valence-corrected chi connectivity index (χ4v) is 4.09. The van der Waals surface area contributed by atoms with E-state index < -0.39 is 0 Å². The molecule has 1 saturated heterocycles. The summed E-state index contributed by atoms with van der Waals surface area (Å²) >= 11 is 0. The lowest BCUT2D eigenvalue weighted by Gasteiger charge is -2.40. The van der Waals surface area contributed by atoms with Gasteiger partial charge in [0.2, 0.25) is 5.56 Å². The van der Waals surface area contributed by atoms with E-state index in [-0.39, 0.29) is 11.7 Å². The van der Waals surface area contributed by atoms with E-state index in [1.807, 2.05) is 24.3 Å². The summed E-state index contributed by atoms with van der Waals surface area (Å²) in [6.45, 7) is 9.84. The van der Waals surface area contributed by atoms with Crippen LogP contribution < -0.4 is 10.3 Å². The van der Waals surface area contributed by atoms with Gasteiger partial charge < -0.3 is 9.72 Å². The molecule has 152 valence electrons. The molecule has 1 aliphatic heterocycles. The molecule has 0 bridgehead atoms. The van der Waals surface area contributed by atoms with E-state index in [0.29, 0.717) is 11.8 Å². The predicted molar refractivity (Wildman–Crippen MR) is 119 cm³/mol. The van der Waals surface area contributed by atoms with Crippen LogP contribution in [0.3, 0.4) is 0 Å². The molecule has 3 aromatic rings. The van der Waals surface area contributed by atoms with E-state index in [1.165, 1.54) is 11.1 Å². The quantitative estimate of drug-likeness (QED) is 0.642. The summed E-state index contributed by atoms with van der Waals surface area (Å²) < 4.78 is 6.12. The fourth-order valence-electron chi connectivity index (χ4n) is 4.09. The highest BCUT2D eigenvalue weighted by Gasteiger charge is 2.29. The van der Waals surface area contributed by atoms with E-state index in [1.54, 1.807) is 6.07 Å². The number of ether oxygens (including phenoxy) is 1. The lowest BCUT2D eigenvalue weighted by atomic mass is 9.96. The Morgan fingerprint density at radius 2 is 1.79 bits per heavy atom. The number of nitrogens with one attached hydrogen (secondary N) is 1. The second-order valence-electron chi connectivity index (χ2n) is 8.74. The van der Waals surface area contributed by atoms with Crippen LogP contribution in [0.2, 0.25) is 0 Å². The third-order valence-electron chi connectivity index (χ3n) is 5.72. The number of aromatic nitrogens is 1. The van der Waals surface area contributed by atoms with Gasteiger partial charge in [-0.05, 0) is 53.6 Å². The standard InChI is InChI=1S/C25H30N2O2/c1-17(2)20-6-4-19(5-7-20)12-18(3)14-27-15-23(16-27)29-22-9-10-24-21(13-22)8-11-25(28)26-24/h4-11,13,17-18,23H,12,14-16H2,1-3H3,(H,26,28). The van der Waals surface area contributed by atoms with E-state index in [0.717, 1.165) is 42.7 Å². The number of hydrogen-bond donors (Lipinski definition) is 1. The lowest BCUT2D eigenvalue weighted by molar-refractivity contribution is 0.0118. The first-order valence-electron chi connectivity index (χ1n) is 10.6. The number of pyridine rings is 1. The molecule has 29 heavy (non-hydrogen) atoms. The van der Waals surface area contributed by atoms with Crippen LogP contribution >= 0.6 is 0 Å². The Balaban J connectivity index is 1.24. The normalized spacial score (nSPS) is 16.1. The molecule has 1 aromatic heterocycles. The molecule has 0 aliphatic carbocycles. The van der Waals surface area contributed by atoms with Gasteiger partial charge in [-0.25, -0.2) is 0 Å². The molecule has 0 spiro atoms. The summed E-state index contributed by atoms with van der Waals surface area (Å²) in [5, 5.41) is 0.996. The van der Waals surface area contributed by atoms with E-state index in [9.17, 15) is 4.79 Å². The molecule has 1 N–H and O–H groups in total. The number of H-pyrrole nitrogens is 1. The zero-order valence-corrected chi connectivity index (χ0v) is 17.5. The molecule has 1 aliphatic rings. The number of likely N-dealkylation sites (tertiary alicyclic amines) is 1. The van der Waals surface area contributed by atoms with Gasteiger partial charge in [0.1, 0.15) is 11.9 Å². The van der Waals surface area contributed by atoms with Crippen molar-refractivity contribution in [1.29, 1.82) is 0 Å². The third kappa shape index (κ3) is 4.88. The van der Waals surface area contributed by atoms with Crippen molar-refractivity contribution < 1.29 is 4.74 Å². The van der Waals surface area contributed by atoms with Crippen LogP contribution in [0.25, 0.3) is 10.9 Å². The number of fused-ring (bicyclic) bond motifs is 1. The molecule has 4 rings (SSSR count). The number of nitrogens with zero attached hydrogens (tertiary/aromatic N) is 1. The summed E-state index contributed by atoms with van der Waals surface area (Å²) in [7, 11) is 0. The van der Waals surface area contributed by atoms with Crippen molar-refractivity contribution in [3.8, 4) is 5.75 Å². The first kappa shape index (κ1) is 19.7.